The Labute approximate surface area is 69.7 Å². The molecule has 0 aromatic heterocycles. The standard InChI is InChI=1S/C8H7ClO2/c9-6-1-3-7(4-2-6)11-8-5-10-8/h1-4,8H,5H2/t8-/m1/s1. The van der Waals surface area contributed by atoms with E-state index in [1.807, 2.05) is 12.1 Å². The zero-order valence-corrected chi connectivity index (χ0v) is 6.54. The molecule has 0 spiro atoms. The van der Waals surface area contributed by atoms with Crippen LogP contribution in [0.4, 0.5) is 0 Å². The molecule has 1 heterocycles. The monoisotopic (exact) mass is 170 g/mol. The maximum absolute atomic E-state index is 5.68. The summed E-state index contributed by atoms with van der Waals surface area (Å²) in [5.41, 5.74) is 0. The van der Waals surface area contributed by atoms with E-state index in [1.54, 1.807) is 12.1 Å². The molecule has 0 amide bonds. The van der Waals surface area contributed by atoms with Crippen molar-refractivity contribution in [1.82, 2.24) is 0 Å². The lowest BCUT2D eigenvalue weighted by Crippen LogP contribution is -1.96. The molecule has 1 atom stereocenters. The van der Waals surface area contributed by atoms with Crippen molar-refractivity contribution in [1.29, 1.82) is 0 Å². The van der Waals surface area contributed by atoms with Crippen LogP contribution >= 0.6 is 11.6 Å². The van der Waals surface area contributed by atoms with E-state index in [2.05, 4.69) is 0 Å². The third-order valence-electron chi connectivity index (χ3n) is 1.38. The van der Waals surface area contributed by atoms with Crippen molar-refractivity contribution < 1.29 is 9.47 Å². The molecule has 0 radical (unpaired) electrons. The highest BCUT2D eigenvalue weighted by molar-refractivity contribution is 6.30. The van der Waals surface area contributed by atoms with Gasteiger partial charge in [0.2, 0.25) is 6.29 Å². The van der Waals surface area contributed by atoms with Gasteiger partial charge in [0.15, 0.2) is 0 Å². The number of halogens is 1. The predicted molar refractivity (Wildman–Crippen MR) is 41.8 cm³/mol. The van der Waals surface area contributed by atoms with E-state index in [0.717, 1.165) is 5.75 Å². The van der Waals surface area contributed by atoms with Gasteiger partial charge in [0.1, 0.15) is 12.4 Å². The quantitative estimate of drug-likeness (QED) is 0.634. The van der Waals surface area contributed by atoms with Gasteiger partial charge in [-0.25, -0.2) is 0 Å². The molecule has 0 aliphatic carbocycles. The Morgan fingerprint density at radius 3 is 2.55 bits per heavy atom. The van der Waals surface area contributed by atoms with Crippen molar-refractivity contribution in [3.05, 3.63) is 29.3 Å². The molecule has 58 valence electrons. The molecule has 1 aliphatic rings. The van der Waals surface area contributed by atoms with E-state index >= 15 is 0 Å². The van der Waals surface area contributed by atoms with Crippen LogP contribution in [0.25, 0.3) is 0 Å². The molecular weight excluding hydrogens is 164 g/mol. The number of rotatable bonds is 2. The smallest absolute Gasteiger partial charge is 0.223 e. The third kappa shape index (κ3) is 1.85. The Balaban J connectivity index is 2.06. The lowest BCUT2D eigenvalue weighted by Gasteiger charge is -2.00. The zero-order chi connectivity index (χ0) is 7.68. The highest BCUT2D eigenvalue weighted by Crippen LogP contribution is 2.20. The molecule has 2 rings (SSSR count). The maximum Gasteiger partial charge on any atom is 0.223 e. The summed E-state index contributed by atoms with van der Waals surface area (Å²) >= 11 is 5.68. The van der Waals surface area contributed by atoms with Crippen molar-refractivity contribution in [2.24, 2.45) is 0 Å². The second kappa shape index (κ2) is 2.72. The lowest BCUT2D eigenvalue weighted by molar-refractivity contribution is 0.179. The van der Waals surface area contributed by atoms with Crippen LogP contribution in [0, 0.1) is 0 Å². The van der Waals surface area contributed by atoms with Crippen LogP contribution in [-0.2, 0) is 4.74 Å². The van der Waals surface area contributed by atoms with Gasteiger partial charge in [-0.05, 0) is 24.3 Å². The van der Waals surface area contributed by atoms with Crippen molar-refractivity contribution >= 4 is 11.6 Å². The molecule has 11 heavy (non-hydrogen) atoms. The number of hydrogen-bond donors (Lipinski definition) is 0. The summed E-state index contributed by atoms with van der Waals surface area (Å²) in [5, 5.41) is 0.717. The van der Waals surface area contributed by atoms with Gasteiger partial charge in [-0.3, -0.25) is 0 Å². The van der Waals surface area contributed by atoms with Crippen LogP contribution in [0.3, 0.4) is 0 Å². The van der Waals surface area contributed by atoms with Gasteiger partial charge in [-0.1, -0.05) is 11.6 Å². The minimum atomic E-state index is -0.0313. The SMILES string of the molecule is Clc1ccc(O[C@@H]2CO2)cc1. The number of hydrogen-bond acceptors (Lipinski definition) is 2. The molecule has 0 unspecified atom stereocenters. The maximum atomic E-state index is 5.68. The molecule has 1 fully saturated rings. The second-order valence-electron chi connectivity index (χ2n) is 2.33. The largest absolute Gasteiger partial charge is 0.462 e. The van der Waals surface area contributed by atoms with Crippen LogP contribution < -0.4 is 4.74 Å². The van der Waals surface area contributed by atoms with Crippen molar-refractivity contribution in [2.75, 3.05) is 6.61 Å². The first-order valence-corrected chi connectivity index (χ1v) is 3.76. The molecule has 0 bridgehead atoms. The van der Waals surface area contributed by atoms with E-state index in [4.69, 9.17) is 21.1 Å². The molecule has 1 saturated heterocycles. The Kier molecular flexibility index (Phi) is 1.72. The van der Waals surface area contributed by atoms with E-state index in [9.17, 15) is 0 Å². The van der Waals surface area contributed by atoms with Crippen LogP contribution in [0.15, 0.2) is 24.3 Å². The van der Waals surface area contributed by atoms with Gasteiger partial charge in [0.05, 0.1) is 0 Å². The van der Waals surface area contributed by atoms with Crippen molar-refractivity contribution in [3.63, 3.8) is 0 Å². The first kappa shape index (κ1) is 6.95. The molecule has 3 heteroatoms. The first-order chi connectivity index (χ1) is 5.34. The van der Waals surface area contributed by atoms with Gasteiger partial charge in [-0.2, -0.15) is 0 Å². The van der Waals surface area contributed by atoms with E-state index in [0.29, 0.717) is 11.6 Å². The Hall–Kier alpha value is -0.730. The first-order valence-electron chi connectivity index (χ1n) is 3.38. The third-order valence-corrected chi connectivity index (χ3v) is 1.64. The van der Waals surface area contributed by atoms with Crippen molar-refractivity contribution in [3.8, 4) is 5.75 Å². The summed E-state index contributed by atoms with van der Waals surface area (Å²) in [7, 11) is 0. The summed E-state index contributed by atoms with van der Waals surface area (Å²) in [4.78, 5) is 0. The van der Waals surface area contributed by atoms with Crippen LogP contribution in [0.5, 0.6) is 5.75 Å². The summed E-state index contributed by atoms with van der Waals surface area (Å²) in [6, 6.07) is 7.23. The minimum Gasteiger partial charge on any atom is -0.462 e. The minimum absolute atomic E-state index is 0.0313. The summed E-state index contributed by atoms with van der Waals surface area (Å²) in [6.07, 6.45) is -0.0313. The van der Waals surface area contributed by atoms with E-state index in [1.165, 1.54) is 0 Å². The fourth-order valence-corrected chi connectivity index (χ4v) is 0.898. The Morgan fingerprint density at radius 2 is 2.00 bits per heavy atom. The zero-order valence-electron chi connectivity index (χ0n) is 5.79. The highest BCUT2D eigenvalue weighted by atomic mass is 35.5. The molecule has 1 aromatic rings. The van der Waals surface area contributed by atoms with Gasteiger partial charge < -0.3 is 9.47 Å². The summed E-state index contributed by atoms with van der Waals surface area (Å²) in [6.45, 7) is 0.697. The highest BCUT2D eigenvalue weighted by Gasteiger charge is 2.24. The van der Waals surface area contributed by atoms with Crippen LogP contribution in [-0.4, -0.2) is 12.9 Å². The normalized spacial score (nSPS) is 21.4. The topological polar surface area (TPSA) is 21.8 Å². The second-order valence-corrected chi connectivity index (χ2v) is 2.77. The average Bonchev–Trinajstić information content (AvgIpc) is 2.78. The van der Waals surface area contributed by atoms with Crippen molar-refractivity contribution in [2.45, 2.75) is 6.29 Å². The van der Waals surface area contributed by atoms with Gasteiger partial charge >= 0.3 is 0 Å². The lowest BCUT2D eigenvalue weighted by atomic mass is 10.3. The molecule has 0 saturated carbocycles. The molecule has 1 aliphatic heterocycles. The van der Waals surface area contributed by atoms with Gasteiger partial charge in [0, 0.05) is 5.02 Å². The average molecular weight is 171 g/mol. The fraction of sp³-hybridized carbons (Fsp3) is 0.250. The molecular formula is C8H7ClO2. The Bertz CT molecular complexity index is 241. The van der Waals surface area contributed by atoms with Crippen LogP contribution in [0.2, 0.25) is 5.02 Å². The number of epoxide rings is 1. The van der Waals surface area contributed by atoms with Gasteiger partial charge in [0.25, 0.3) is 0 Å². The molecule has 2 nitrogen and oxygen atoms in total. The van der Waals surface area contributed by atoms with E-state index in [-0.39, 0.29) is 6.29 Å². The van der Waals surface area contributed by atoms with E-state index < -0.39 is 0 Å². The fourth-order valence-electron chi connectivity index (χ4n) is 0.772. The predicted octanol–water partition coefficient (Wildman–Crippen LogP) is 2.08. The van der Waals surface area contributed by atoms with Crippen LogP contribution in [0.1, 0.15) is 0 Å². The molecule has 0 N–H and O–H groups in total. The van der Waals surface area contributed by atoms with Gasteiger partial charge in [-0.15, -0.1) is 0 Å². The summed E-state index contributed by atoms with van der Waals surface area (Å²) < 4.78 is 10.2. The Morgan fingerprint density at radius 1 is 1.36 bits per heavy atom. The summed E-state index contributed by atoms with van der Waals surface area (Å²) in [5.74, 6) is 0.803. The molecule has 1 aromatic carbocycles. The number of benzene rings is 1. The number of ether oxygens (including phenoxy) is 2.